The summed E-state index contributed by atoms with van der Waals surface area (Å²) in [5.41, 5.74) is 1.25. The Balaban J connectivity index is 1.95. The molecule has 1 aliphatic heterocycles. The van der Waals surface area contributed by atoms with Gasteiger partial charge < -0.3 is 14.6 Å². The summed E-state index contributed by atoms with van der Waals surface area (Å²) in [5, 5.41) is 9.19. The van der Waals surface area contributed by atoms with Crippen LogP contribution in [-0.4, -0.2) is 49.0 Å². The van der Waals surface area contributed by atoms with Crippen molar-refractivity contribution in [3.05, 3.63) is 29.8 Å². The fourth-order valence-electron chi connectivity index (χ4n) is 2.36. The number of aliphatic hydroxyl groups is 1. The molecule has 1 saturated heterocycles. The summed E-state index contributed by atoms with van der Waals surface area (Å²) >= 11 is 0. The molecule has 4 heteroatoms. The average molecular weight is 251 g/mol. The molecule has 1 aromatic carbocycles. The van der Waals surface area contributed by atoms with Gasteiger partial charge >= 0.3 is 0 Å². The van der Waals surface area contributed by atoms with Gasteiger partial charge in [0.05, 0.1) is 25.9 Å². The van der Waals surface area contributed by atoms with Gasteiger partial charge in [-0.05, 0) is 24.6 Å². The normalized spacial score (nSPS) is 25.1. The van der Waals surface area contributed by atoms with Gasteiger partial charge in [0.1, 0.15) is 5.75 Å². The molecule has 0 aromatic heterocycles. The molecular formula is C14H21NO3. The van der Waals surface area contributed by atoms with Crippen molar-refractivity contribution < 1.29 is 14.6 Å². The first-order valence-corrected chi connectivity index (χ1v) is 6.33. The molecule has 0 saturated carbocycles. The summed E-state index contributed by atoms with van der Waals surface area (Å²) in [6.45, 7) is 4.70. The number of ether oxygens (including phenoxy) is 2. The summed E-state index contributed by atoms with van der Waals surface area (Å²) in [7, 11) is 1.67. The highest BCUT2D eigenvalue weighted by molar-refractivity contribution is 5.27. The Morgan fingerprint density at radius 3 is 2.67 bits per heavy atom. The summed E-state index contributed by atoms with van der Waals surface area (Å²) < 4.78 is 10.8. The van der Waals surface area contributed by atoms with Crippen LogP contribution in [0.3, 0.4) is 0 Å². The third-order valence-corrected chi connectivity index (χ3v) is 3.17. The molecule has 0 spiro atoms. The zero-order valence-electron chi connectivity index (χ0n) is 11.0. The van der Waals surface area contributed by atoms with Gasteiger partial charge in [0, 0.05) is 19.6 Å². The van der Waals surface area contributed by atoms with E-state index in [1.54, 1.807) is 7.11 Å². The van der Waals surface area contributed by atoms with Gasteiger partial charge in [0.2, 0.25) is 0 Å². The minimum Gasteiger partial charge on any atom is -0.497 e. The predicted molar refractivity (Wildman–Crippen MR) is 69.7 cm³/mol. The molecule has 18 heavy (non-hydrogen) atoms. The van der Waals surface area contributed by atoms with E-state index in [9.17, 15) is 5.11 Å². The Morgan fingerprint density at radius 1 is 1.33 bits per heavy atom. The van der Waals surface area contributed by atoms with E-state index in [0.29, 0.717) is 0 Å². The van der Waals surface area contributed by atoms with Gasteiger partial charge in [-0.25, -0.2) is 0 Å². The zero-order valence-corrected chi connectivity index (χ0v) is 11.0. The summed E-state index contributed by atoms with van der Waals surface area (Å²) in [6, 6.07) is 8.10. The molecule has 2 atom stereocenters. The lowest BCUT2D eigenvalue weighted by molar-refractivity contribution is -0.0972. The monoisotopic (exact) mass is 251 g/mol. The topological polar surface area (TPSA) is 41.9 Å². The molecule has 0 bridgehead atoms. The van der Waals surface area contributed by atoms with E-state index in [1.165, 1.54) is 5.56 Å². The Bertz CT molecular complexity index is 366. The standard InChI is InChI=1S/C14H21NO3/c1-11-7-15(9-14(10-16)18-11)8-12-3-5-13(17-2)6-4-12/h3-6,11,14,16H,7-10H2,1-2H3/t11-,14-/m1/s1. The van der Waals surface area contributed by atoms with Crippen LogP contribution in [-0.2, 0) is 11.3 Å². The van der Waals surface area contributed by atoms with Crippen LogP contribution in [0, 0.1) is 0 Å². The second kappa shape index (κ2) is 6.18. The molecular weight excluding hydrogens is 230 g/mol. The maximum atomic E-state index is 9.19. The molecule has 1 aromatic rings. The largest absolute Gasteiger partial charge is 0.497 e. The molecule has 1 heterocycles. The second-order valence-corrected chi connectivity index (χ2v) is 4.79. The molecule has 0 radical (unpaired) electrons. The summed E-state index contributed by atoms with van der Waals surface area (Å²) in [6.07, 6.45) is 0.112. The number of rotatable bonds is 4. The van der Waals surface area contributed by atoms with Crippen LogP contribution in [0.25, 0.3) is 0 Å². The van der Waals surface area contributed by atoms with Crippen molar-refractivity contribution in [1.29, 1.82) is 0 Å². The molecule has 1 aliphatic rings. The minimum atomic E-state index is -0.0630. The fourth-order valence-corrected chi connectivity index (χ4v) is 2.36. The maximum Gasteiger partial charge on any atom is 0.118 e. The summed E-state index contributed by atoms with van der Waals surface area (Å²) in [5.74, 6) is 0.877. The van der Waals surface area contributed by atoms with Gasteiger partial charge in [0.15, 0.2) is 0 Å². The lowest BCUT2D eigenvalue weighted by Gasteiger charge is -2.36. The van der Waals surface area contributed by atoms with Crippen LogP contribution >= 0.6 is 0 Å². The molecule has 1 N–H and O–H groups in total. The third-order valence-electron chi connectivity index (χ3n) is 3.17. The number of benzene rings is 1. The first-order chi connectivity index (χ1) is 8.71. The highest BCUT2D eigenvalue weighted by Crippen LogP contribution is 2.16. The van der Waals surface area contributed by atoms with E-state index in [1.807, 2.05) is 19.1 Å². The van der Waals surface area contributed by atoms with E-state index in [-0.39, 0.29) is 18.8 Å². The number of methoxy groups -OCH3 is 1. The van der Waals surface area contributed by atoms with Crippen molar-refractivity contribution in [3.63, 3.8) is 0 Å². The smallest absolute Gasteiger partial charge is 0.118 e. The van der Waals surface area contributed by atoms with E-state index >= 15 is 0 Å². The lowest BCUT2D eigenvalue weighted by atomic mass is 10.1. The third kappa shape index (κ3) is 3.45. The fraction of sp³-hybridized carbons (Fsp3) is 0.571. The van der Waals surface area contributed by atoms with Crippen molar-refractivity contribution in [2.45, 2.75) is 25.7 Å². The average Bonchev–Trinajstić information content (AvgIpc) is 2.39. The number of aliphatic hydroxyl groups excluding tert-OH is 1. The van der Waals surface area contributed by atoms with Crippen LogP contribution in [0.2, 0.25) is 0 Å². The highest BCUT2D eigenvalue weighted by Gasteiger charge is 2.24. The zero-order chi connectivity index (χ0) is 13.0. The molecule has 100 valence electrons. The van der Waals surface area contributed by atoms with Gasteiger partial charge in [-0.15, -0.1) is 0 Å². The van der Waals surface area contributed by atoms with Crippen molar-refractivity contribution >= 4 is 0 Å². The van der Waals surface area contributed by atoms with Crippen molar-refractivity contribution in [2.24, 2.45) is 0 Å². The van der Waals surface area contributed by atoms with Crippen LogP contribution in [0.5, 0.6) is 5.75 Å². The molecule has 0 unspecified atom stereocenters. The Morgan fingerprint density at radius 2 is 2.06 bits per heavy atom. The predicted octanol–water partition coefficient (Wildman–Crippen LogP) is 1.28. The Labute approximate surface area is 108 Å². The second-order valence-electron chi connectivity index (χ2n) is 4.79. The minimum absolute atomic E-state index is 0.0630. The first-order valence-electron chi connectivity index (χ1n) is 6.33. The van der Waals surface area contributed by atoms with Crippen LogP contribution in [0.1, 0.15) is 12.5 Å². The number of nitrogens with zero attached hydrogens (tertiary/aromatic N) is 1. The number of hydrogen-bond acceptors (Lipinski definition) is 4. The Hall–Kier alpha value is -1.10. The van der Waals surface area contributed by atoms with Gasteiger partial charge in [0.25, 0.3) is 0 Å². The molecule has 1 fully saturated rings. The maximum absolute atomic E-state index is 9.19. The van der Waals surface area contributed by atoms with E-state index in [4.69, 9.17) is 9.47 Å². The van der Waals surface area contributed by atoms with E-state index < -0.39 is 0 Å². The summed E-state index contributed by atoms with van der Waals surface area (Å²) in [4.78, 5) is 2.32. The Kier molecular flexibility index (Phi) is 4.58. The quantitative estimate of drug-likeness (QED) is 0.875. The number of hydrogen-bond donors (Lipinski definition) is 1. The van der Waals surface area contributed by atoms with E-state index in [0.717, 1.165) is 25.4 Å². The van der Waals surface area contributed by atoms with Gasteiger partial charge in [-0.3, -0.25) is 4.90 Å². The van der Waals surface area contributed by atoms with E-state index in [2.05, 4.69) is 17.0 Å². The highest BCUT2D eigenvalue weighted by atomic mass is 16.5. The lowest BCUT2D eigenvalue weighted by Crippen LogP contribution is -2.47. The van der Waals surface area contributed by atoms with Crippen LogP contribution < -0.4 is 4.74 Å². The van der Waals surface area contributed by atoms with Crippen molar-refractivity contribution in [2.75, 3.05) is 26.8 Å². The molecule has 2 rings (SSSR count). The van der Waals surface area contributed by atoms with Gasteiger partial charge in [-0.2, -0.15) is 0 Å². The van der Waals surface area contributed by atoms with Crippen LogP contribution in [0.15, 0.2) is 24.3 Å². The molecule has 0 aliphatic carbocycles. The van der Waals surface area contributed by atoms with Crippen molar-refractivity contribution in [3.8, 4) is 5.75 Å². The van der Waals surface area contributed by atoms with Gasteiger partial charge in [-0.1, -0.05) is 12.1 Å². The number of morpholine rings is 1. The van der Waals surface area contributed by atoms with Crippen LogP contribution in [0.4, 0.5) is 0 Å². The SMILES string of the molecule is COc1ccc(CN2C[C@H](CO)O[C@H](C)C2)cc1. The van der Waals surface area contributed by atoms with Crippen molar-refractivity contribution in [1.82, 2.24) is 4.90 Å². The first kappa shape index (κ1) is 13.3. The molecule has 4 nitrogen and oxygen atoms in total. The molecule has 0 amide bonds.